The number of fused-ring (bicyclic) bond motifs is 1. The first-order valence-corrected chi connectivity index (χ1v) is 13.8. The first-order valence-electron chi connectivity index (χ1n) is 13.8. The predicted octanol–water partition coefficient (Wildman–Crippen LogP) is 4.16. The molecule has 0 spiro atoms. The van der Waals surface area contributed by atoms with Gasteiger partial charge in [-0.15, -0.1) is 15.3 Å². The van der Waals surface area contributed by atoms with Crippen molar-refractivity contribution < 1.29 is 31.6 Å². The third kappa shape index (κ3) is 6.09. The number of H-pyrrole nitrogens is 1. The molecule has 0 unspecified atom stereocenters. The number of esters is 1. The molecular weight excluding hydrogens is 593 g/mol. The molecule has 0 fully saturated rings. The van der Waals surface area contributed by atoms with E-state index >= 15 is 0 Å². The average Bonchev–Trinajstić information content (AvgIpc) is 3.58. The Labute approximate surface area is 255 Å². The fourth-order valence-electron chi connectivity index (χ4n) is 5.51. The zero-order valence-corrected chi connectivity index (χ0v) is 25.1. The summed E-state index contributed by atoms with van der Waals surface area (Å²) in [6.45, 7) is 4.23. The van der Waals surface area contributed by atoms with E-state index in [1.165, 1.54) is 28.7 Å². The Hall–Kier alpha value is -5.23. The molecule has 234 valence electrons. The molecule has 1 N–H and O–H groups in total. The number of nitrogens with zero attached hydrogens (tertiary/aromatic N) is 7. The second kappa shape index (κ2) is 11.7. The van der Waals surface area contributed by atoms with Gasteiger partial charge in [0, 0.05) is 24.7 Å². The molecule has 0 saturated heterocycles. The van der Waals surface area contributed by atoms with Crippen LogP contribution in [0.3, 0.4) is 0 Å². The van der Waals surface area contributed by atoms with E-state index in [9.17, 15) is 28.0 Å². The number of nitriles is 1. The normalized spacial score (nSPS) is 15.2. The number of methoxy groups -OCH3 is 1. The van der Waals surface area contributed by atoms with Gasteiger partial charge in [-0.1, -0.05) is 12.1 Å². The molecule has 2 aromatic carbocycles. The monoisotopic (exact) mass is 623 g/mol. The Morgan fingerprint density at radius 2 is 1.93 bits per heavy atom. The number of hydrogen-bond acceptors (Lipinski definition) is 9. The summed E-state index contributed by atoms with van der Waals surface area (Å²) < 4.78 is 53.3. The van der Waals surface area contributed by atoms with Crippen LogP contribution in [0.15, 0.2) is 62.9 Å². The van der Waals surface area contributed by atoms with Gasteiger partial charge < -0.3 is 13.6 Å². The van der Waals surface area contributed by atoms with E-state index in [-0.39, 0.29) is 22.9 Å². The van der Waals surface area contributed by atoms with Gasteiger partial charge in [-0.2, -0.15) is 18.4 Å². The fourth-order valence-corrected chi connectivity index (χ4v) is 5.51. The number of alkyl halides is 3. The highest BCUT2D eigenvalue weighted by Gasteiger charge is 2.41. The lowest BCUT2D eigenvalue weighted by atomic mass is 9.89. The van der Waals surface area contributed by atoms with Gasteiger partial charge in [0.05, 0.1) is 50.5 Å². The topological polar surface area (TPSA) is 143 Å². The van der Waals surface area contributed by atoms with Gasteiger partial charge in [0.2, 0.25) is 11.8 Å². The van der Waals surface area contributed by atoms with E-state index in [1.807, 2.05) is 14.1 Å². The number of halogens is 3. The Bertz CT molecular complexity index is 1900. The second-order valence-corrected chi connectivity index (χ2v) is 11.3. The number of aromatic amines is 1. The smallest absolute Gasteiger partial charge is 0.416 e. The van der Waals surface area contributed by atoms with E-state index in [0.717, 1.165) is 12.1 Å². The number of ether oxygens (including phenoxy) is 1. The standard InChI is InChI=1S/C30H29F3N8O4/c1-17-25(27(42)44-5)26(40-28(37-38-29(40)43)39(17)22-8-6-7-21(14-22)30(31,32)33)23-10-9-19(15-34)13-20(23)11-12-41(3,4)16-24-36-35-18(2)45-24/h6-10,13-14,26H,11-12,16H2,1-5H3/p+1/t26-/m1/s1. The van der Waals surface area contributed by atoms with Crippen molar-refractivity contribution in [2.75, 3.05) is 32.6 Å². The molecule has 4 aromatic rings. The number of aromatic nitrogens is 5. The number of allylic oxidation sites excluding steroid dienone is 1. The third-order valence-corrected chi connectivity index (χ3v) is 7.66. The van der Waals surface area contributed by atoms with E-state index in [4.69, 9.17) is 9.15 Å². The quantitative estimate of drug-likeness (QED) is 0.226. The first kappa shape index (κ1) is 31.2. The number of anilines is 2. The Morgan fingerprint density at radius 3 is 2.58 bits per heavy atom. The van der Waals surface area contributed by atoms with Crippen LogP contribution in [0.5, 0.6) is 0 Å². The molecule has 0 aliphatic carbocycles. The Kier molecular flexibility index (Phi) is 8.11. The fraction of sp³-hybridized carbons (Fsp3) is 0.333. The van der Waals surface area contributed by atoms with Gasteiger partial charge in [-0.05, 0) is 48.4 Å². The number of carbonyl (C=O) groups is 1. The maximum atomic E-state index is 13.6. The van der Waals surface area contributed by atoms with Crippen LogP contribution in [-0.2, 0) is 28.7 Å². The lowest BCUT2D eigenvalue weighted by molar-refractivity contribution is -0.904. The molecule has 1 aliphatic heterocycles. The number of carbonyl (C=O) groups excluding carboxylic acids is 1. The lowest BCUT2D eigenvalue weighted by Crippen LogP contribution is -2.41. The maximum absolute atomic E-state index is 13.6. The highest BCUT2D eigenvalue weighted by molar-refractivity contribution is 5.93. The summed E-state index contributed by atoms with van der Waals surface area (Å²) in [5, 5.41) is 24.2. The number of quaternary nitrogens is 1. The van der Waals surface area contributed by atoms with Gasteiger partial charge in [0.15, 0.2) is 6.54 Å². The minimum atomic E-state index is -4.63. The molecule has 45 heavy (non-hydrogen) atoms. The predicted molar refractivity (Wildman–Crippen MR) is 154 cm³/mol. The van der Waals surface area contributed by atoms with Crippen molar-refractivity contribution in [3.8, 4) is 6.07 Å². The summed E-state index contributed by atoms with van der Waals surface area (Å²) in [4.78, 5) is 28.1. The van der Waals surface area contributed by atoms with Gasteiger partial charge in [0.1, 0.15) is 6.04 Å². The molecule has 3 heterocycles. The molecule has 1 aliphatic rings. The zero-order chi connectivity index (χ0) is 32.7. The molecule has 0 bridgehead atoms. The van der Waals surface area contributed by atoms with Crippen LogP contribution >= 0.6 is 0 Å². The van der Waals surface area contributed by atoms with Gasteiger partial charge in [-0.3, -0.25) is 4.90 Å². The van der Waals surface area contributed by atoms with Crippen molar-refractivity contribution in [3.63, 3.8) is 0 Å². The van der Waals surface area contributed by atoms with Crippen LogP contribution in [0, 0.1) is 18.3 Å². The molecule has 12 nitrogen and oxygen atoms in total. The molecule has 0 amide bonds. The van der Waals surface area contributed by atoms with Crippen molar-refractivity contribution in [3.05, 3.63) is 98.3 Å². The van der Waals surface area contributed by atoms with Crippen molar-refractivity contribution in [2.45, 2.75) is 39.0 Å². The van der Waals surface area contributed by atoms with Gasteiger partial charge >= 0.3 is 17.8 Å². The summed E-state index contributed by atoms with van der Waals surface area (Å²) in [5.74, 6) is 0.106. The number of nitrogens with one attached hydrogen (secondary N) is 1. The summed E-state index contributed by atoms with van der Waals surface area (Å²) >= 11 is 0. The molecule has 0 radical (unpaired) electrons. The van der Waals surface area contributed by atoms with Crippen LogP contribution in [0.25, 0.3) is 0 Å². The van der Waals surface area contributed by atoms with Crippen molar-refractivity contribution in [1.29, 1.82) is 5.26 Å². The third-order valence-electron chi connectivity index (χ3n) is 7.66. The highest BCUT2D eigenvalue weighted by Crippen LogP contribution is 2.43. The van der Waals surface area contributed by atoms with Crippen LogP contribution < -0.4 is 10.6 Å². The van der Waals surface area contributed by atoms with Crippen molar-refractivity contribution >= 4 is 17.6 Å². The van der Waals surface area contributed by atoms with Crippen molar-refractivity contribution in [1.82, 2.24) is 25.0 Å². The van der Waals surface area contributed by atoms with Crippen LogP contribution in [0.1, 0.15) is 47.0 Å². The van der Waals surface area contributed by atoms with Gasteiger partial charge in [-0.25, -0.2) is 19.3 Å². The molecule has 0 saturated carbocycles. The number of hydrogen-bond donors (Lipinski definition) is 1. The minimum Gasteiger partial charge on any atom is -0.466 e. The zero-order valence-electron chi connectivity index (χ0n) is 25.1. The SMILES string of the molecule is COC(=O)C1=C(C)N(c2cccc(C(F)(F)F)c2)c2n[nH]c(=O)n2[C@@H]1c1ccc(C#N)cc1CC[N+](C)(C)Cc1nnc(C)o1. The summed E-state index contributed by atoms with van der Waals surface area (Å²) in [6.07, 6.45) is -4.22. The Morgan fingerprint density at radius 1 is 1.18 bits per heavy atom. The van der Waals surface area contributed by atoms with E-state index in [2.05, 4.69) is 26.5 Å². The molecular formula is C30H30F3N8O4+. The van der Waals surface area contributed by atoms with Crippen LogP contribution in [0.4, 0.5) is 24.8 Å². The maximum Gasteiger partial charge on any atom is 0.416 e. The van der Waals surface area contributed by atoms with Crippen molar-refractivity contribution in [2.24, 2.45) is 0 Å². The van der Waals surface area contributed by atoms with E-state index < -0.39 is 29.4 Å². The lowest BCUT2D eigenvalue weighted by Gasteiger charge is -2.36. The number of benzene rings is 2. The average molecular weight is 624 g/mol. The molecule has 15 heteroatoms. The molecule has 1 atom stereocenters. The van der Waals surface area contributed by atoms with E-state index in [0.29, 0.717) is 52.5 Å². The number of likely N-dealkylation sites (N-methyl/N-ethyl adjacent to an activating group) is 1. The number of rotatable bonds is 8. The summed E-state index contributed by atoms with van der Waals surface area (Å²) in [6, 6.07) is 10.5. The second-order valence-electron chi connectivity index (χ2n) is 11.3. The molecule has 5 rings (SSSR count). The number of aryl methyl sites for hydroxylation is 1. The van der Waals surface area contributed by atoms with Gasteiger partial charge in [0.25, 0.3) is 5.89 Å². The van der Waals surface area contributed by atoms with E-state index in [1.54, 1.807) is 32.0 Å². The summed E-state index contributed by atoms with van der Waals surface area (Å²) in [5.41, 5.74) is 0.237. The molecule has 2 aromatic heterocycles. The minimum absolute atomic E-state index is 0.0203. The first-order chi connectivity index (χ1) is 21.2. The van der Waals surface area contributed by atoms with Crippen LogP contribution in [-0.4, -0.2) is 63.2 Å². The Balaban J connectivity index is 1.65. The van der Waals surface area contributed by atoms with Crippen LogP contribution in [0.2, 0.25) is 0 Å². The highest BCUT2D eigenvalue weighted by atomic mass is 19.4. The largest absolute Gasteiger partial charge is 0.466 e. The summed E-state index contributed by atoms with van der Waals surface area (Å²) in [7, 11) is 5.13.